The number of hydrogen-bond donors (Lipinski definition) is 1. The number of nitrogens with zero attached hydrogens (tertiary/aromatic N) is 1. The summed E-state index contributed by atoms with van der Waals surface area (Å²) in [6.07, 6.45) is 1.60. The normalized spacial score (nSPS) is 10.5. The molecule has 0 fully saturated rings. The molecule has 0 aliphatic carbocycles. The minimum atomic E-state index is -0.220. The quantitative estimate of drug-likeness (QED) is 0.805. The molecule has 6 heteroatoms. The number of carbonyl (C=O) groups excluding carboxylic acids is 1. The highest BCUT2D eigenvalue weighted by Gasteiger charge is 2.08. The number of carbonyl (C=O) groups is 1. The first-order valence-electron chi connectivity index (χ1n) is 6.35. The van der Waals surface area contributed by atoms with Crippen LogP contribution in [0.1, 0.15) is 24.2 Å². The van der Waals surface area contributed by atoms with Crippen molar-refractivity contribution in [2.45, 2.75) is 20.0 Å². The zero-order valence-corrected chi connectivity index (χ0v) is 13.9. The number of aromatic nitrogens is 1. The molecule has 1 N–H and O–H groups in total. The van der Waals surface area contributed by atoms with E-state index < -0.39 is 0 Å². The molecule has 1 amide bonds. The van der Waals surface area contributed by atoms with Gasteiger partial charge in [0.25, 0.3) is 5.91 Å². The molecule has 21 heavy (non-hydrogen) atoms. The van der Waals surface area contributed by atoms with Gasteiger partial charge in [-0.1, -0.05) is 11.6 Å². The predicted molar refractivity (Wildman–Crippen MR) is 87.1 cm³/mol. The fraction of sp³-hybridized carbons (Fsp3) is 0.200. The number of anilines is 1. The van der Waals surface area contributed by atoms with Gasteiger partial charge in [-0.15, -0.1) is 0 Å². The highest BCUT2D eigenvalue weighted by molar-refractivity contribution is 9.10. The summed E-state index contributed by atoms with van der Waals surface area (Å²) in [5, 5.41) is 3.11. The van der Waals surface area contributed by atoms with E-state index in [1.807, 2.05) is 13.8 Å². The van der Waals surface area contributed by atoms with Gasteiger partial charge in [0.1, 0.15) is 10.9 Å². The molecular weight excluding hydrogens is 356 g/mol. The van der Waals surface area contributed by atoms with Crippen LogP contribution in [0.25, 0.3) is 0 Å². The van der Waals surface area contributed by atoms with Gasteiger partial charge in [0, 0.05) is 5.56 Å². The molecule has 0 spiro atoms. The molecular formula is C15H14BrClN2O2. The third-order valence-corrected chi connectivity index (χ3v) is 3.68. The molecule has 0 unspecified atom stereocenters. The number of benzene rings is 1. The standard InChI is InChI=1S/C15H14BrClN2O2/c1-9(2)21-12-5-3-10(4-6-12)15(20)19-11-7-13(16)14(17)18-8-11/h3-9H,1-2H3,(H,19,20). The van der Waals surface area contributed by atoms with E-state index in [9.17, 15) is 4.79 Å². The summed E-state index contributed by atoms with van der Waals surface area (Å²) >= 11 is 9.07. The zero-order valence-electron chi connectivity index (χ0n) is 11.6. The minimum Gasteiger partial charge on any atom is -0.491 e. The number of ether oxygens (including phenoxy) is 1. The molecule has 0 bridgehead atoms. The van der Waals surface area contributed by atoms with E-state index in [0.29, 0.717) is 20.9 Å². The Kier molecular flexibility index (Phi) is 5.20. The molecule has 110 valence electrons. The van der Waals surface area contributed by atoms with Crippen LogP contribution in [-0.2, 0) is 0 Å². The molecule has 2 aromatic rings. The Balaban J connectivity index is 2.07. The van der Waals surface area contributed by atoms with Gasteiger partial charge < -0.3 is 10.1 Å². The molecule has 1 aromatic carbocycles. The Morgan fingerprint density at radius 1 is 1.33 bits per heavy atom. The van der Waals surface area contributed by atoms with Crippen LogP contribution in [0.3, 0.4) is 0 Å². The van der Waals surface area contributed by atoms with E-state index in [1.165, 1.54) is 6.20 Å². The lowest BCUT2D eigenvalue weighted by atomic mass is 10.2. The van der Waals surface area contributed by atoms with Gasteiger partial charge in [0.2, 0.25) is 0 Å². The summed E-state index contributed by atoms with van der Waals surface area (Å²) in [5.74, 6) is 0.513. The van der Waals surface area contributed by atoms with Crippen LogP contribution in [0, 0.1) is 0 Å². The molecule has 1 aromatic heterocycles. The summed E-state index contributed by atoms with van der Waals surface area (Å²) in [4.78, 5) is 16.1. The third-order valence-electron chi connectivity index (χ3n) is 2.54. The van der Waals surface area contributed by atoms with Crippen LogP contribution in [0.4, 0.5) is 5.69 Å². The van der Waals surface area contributed by atoms with Crippen molar-refractivity contribution in [1.29, 1.82) is 0 Å². The molecule has 2 rings (SSSR count). The lowest BCUT2D eigenvalue weighted by molar-refractivity contribution is 0.102. The van der Waals surface area contributed by atoms with E-state index in [2.05, 4.69) is 26.2 Å². The Morgan fingerprint density at radius 2 is 2.00 bits per heavy atom. The number of amides is 1. The minimum absolute atomic E-state index is 0.0992. The number of nitrogens with one attached hydrogen (secondary N) is 1. The van der Waals surface area contributed by atoms with Gasteiger partial charge in [0.05, 0.1) is 22.5 Å². The Labute approximate surface area is 136 Å². The van der Waals surface area contributed by atoms with Gasteiger partial charge in [-0.2, -0.15) is 0 Å². The second-order valence-corrected chi connectivity index (χ2v) is 5.85. The van der Waals surface area contributed by atoms with Gasteiger partial charge >= 0.3 is 0 Å². The maximum Gasteiger partial charge on any atom is 0.255 e. The monoisotopic (exact) mass is 368 g/mol. The van der Waals surface area contributed by atoms with Crippen LogP contribution in [0.2, 0.25) is 5.15 Å². The Hall–Kier alpha value is -1.59. The maximum absolute atomic E-state index is 12.1. The maximum atomic E-state index is 12.1. The largest absolute Gasteiger partial charge is 0.491 e. The van der Waals surface area contributed by atoms with Crippen molar-refractivity contribution in [2.24, 2.45) is 0 Å². The molecule has 0 saturated carbocycles. The summed E-state index contributed by atoms with van der Waals surface area (Å²) in [6, 6.07) is 8.66. The van der Waals surface area contributed by atoms with Crippen LogP contribution in [-0.4, -0.2) is 17.0 Å². The van der Waals surface area contributed by atoms with Crippen molar-refractivity contribution in [3.63, 3.8) is 0 Å². The van der Waals surface area contributed by atoms with Crippen molar-refractivity contribution in [3.8, 4) is 5.75 Å². The molecule has 0 aliphatic heterocycles. The van der Waals surface area contributed by atoms with Crippen LogP contribution in [0.15, 0.2) is 41.0 Å². The highest BCUT2D eigenvalue weighted by Crippen LogP contribution is 2.23. The second-order valence-electron chi connectivity index (χ2n) is 4.64. The smallest absolute Gasteiger partial charge is 0.255 e. The fourth-order valence-corrected chi connectivity index (χ4v) is 2.10. The van der Waals surface area contributed by atoms with Crippen molar-refractivity contribution in [3.05, 3.63) is 51.7 Å². The van der Waals surface area contributed by atoms with Crippen LogP contribution < -0.4 is 10.1 Å². The first-order chi connectivity index (χ1) is 9.95. The van der Waals surface area contributed by atoms with E-state index in [1.54, 1.807) is 30.3 Å². The topological polar surface area (TPSA) is 51.2 Å². The molecule has 0 saturated heterocycles. The van der Waals surface area contributed by atoms with Gasteiger partial charge in [-0.3, -0.25) is 4.79 Å². The lowest BCUT2D eigenvalue weighted by Gasteiger charge is -2.10. The Morgan fingerprint density at radius 3 is 2.57 bits per heavy atom. The summed E-state index contributed by atoms with van der Waals surface area (Å²) in [6.45, 7) is 3.90. The van der Waals surface area contributed by atoms with E-state index in [-0.39, 0.29) is 12.0 Å². The first kappa shape index (κ1) is 15.8. The molecule has 0 aliphatic rings. The van der Waals surface area contributed by atoms with Crippen molar-refractivity contribution >= 4 is 39.1 Å². The van der Waals surface area contributed by atoms with Crippen LogP contribution >= 0.6 is 27.5 Å². The number of rotatable bonds is 4. The predicted octanol–water partition coefficient (Wildman–Crippen LogP) is 4.54. The lowest BCUT2D eigenvalue weighted by Crippen LogP contribution is -2.12. The second kappa shape index (κ2) is 6.91. The average Bonchev–Trinajstić information content (AvgIpc) is 2.43. The van der Waals surface area contributed by atoms with Gasteiger partial charge in [-0.25, -0.2) is 4.98 Å². The number of halogens is 2. The summed E-state index contributed by atoms with van der Waals surface area (Å²) in [7, 11) is 0. The van der Waals surface area contributed by atoms with E-state index >= 15 is 0 Å². The molecule has 0 radical (unpaired) electrons. The summed E-state index contributed by atoms with van der Waals surface area (Å²) < 4.78 is 6.16. The van der Waals surface area contributed by atoms with E-state index in [0.717, 1.165) is 5.75 Å². The van der Waals surface area contributed by atoms with Crippen molar-refractivity contribution in [2.75, 3.05) is 5.32 Å². The van der Waals surface area contributed by atoms with Crippen LogP contribution in [0.5, 0.6) is 5.75 Å². The fourth-order valence-electron chi connectivity index (χ4n) is 1.65. The average molecular weight is 370 g/mol. The van der Waals surface area contributed by atoms with Gasteiger partial charge in [-0.05, 0) is 60.1 Å². The Bertz CT molecular complexity index is 645. The number of pyridine rings is 1. The first-order valence-corrected chi connectivity index (χ1v) is 7.52. The van der Waals surface area contributed by atoms with Crippen molar-refractivity contribution in [1.82, 2.24) is 4.98 Å². The SMILES string of the molecule is CC(C)Oc1ccc(C(=O)Nc2cnc(Cl)c(Br)c2)cc1. The van der Waals surface area contributed by atoms with E-state index in [4.69, 9.17) is 16.3 Å². The molecule has 0 atom stereocenters. The zero-order chi connectivity index (χ0) is 15.4. The highest BCUT2D eigenvalue weighted by atomic mass is 79.9. The number of hydrogen-bond acceptors (Lipinski definition) is 3. The van der Waals surface area contributed by atoms with Gasteiger partial charge in [0.15, 0.2) is 0 Å². The summed E-state index contributed by atoms with van der Waals surface area (Å²) in [5.41, 5.74) is 1.11. The third kappa shape index (κ3) is 4.44. The van der Waals surface area contributed by atoms with Crippen molar-refractivity contribution < 1.29 is 9.53 Å². The molecule has 4 nitrogen and oxygen atoms in total. The molecule has 1 heterocycles.